The summed E-state index contributed by atoms with van der Waals surface area (Å²) >= 11 is 0. The normalized spacial score (nSPS) is 16.4. The van der Waals surface area contributed by atoms with E-state index in [0.717, 1.165) is 25.7 Å². The maximum atomic E-state index is 14.7. The molecule has 1 saturated carbocycles. The fourth-order valence-electron chi connectivity index (χ4n) is 2.98. The van der Waals surface area contributed by atoms with Crippen LogP contribution in [0.1, 0.15) is 43.0 Å². The maximum absolute atomic E-state index is 14.7. The van der Waals surface area contributed by atoms with Gasteiger partial charge in [0.15, 0.2) is 0 Å². The first-order valence-corrected chi connectivity index (χ1v) is 9.01. The molecule has 2 aromatic rings. The molecule has 0 spiro atoms. The van der Waals surface area contributed by atoms with Gasteiger partial charge in [-0.25, -0.2) is 14.5 Å². The standard InChI is InChI=1S/C18H21FN4O3/c1-2-25-18(24)14-15(22-23-9-3-4-10-26-17(14)23)12-7-8-13(21-16(12)19)20-11-5-6-11/h7-8,11H,2-6,9-10H2,1H3,(H,20,21). The van der Waals surface area contributed by atoms with Crippen LogP contribution in [0.2, 0.25) is 0 Å². The van der Waals surface area contributed by atoms with E-state index in [1.54, 1.807) is 23.7 Å². The van der Waals surface area contributed by atoms with Crippen molar-refractivity contribution >= 4 is 11.8 Å². The van der Waals surface area contributed by atoms with Crippen molar-refractivity contribution < 1.29 is 18.7 Å². The van der Waals surface area contributed by atoms with Crippen LogP contribution in [0.5, 0.6) is 5.88 Å². The highest BCUT2D eigenvalue weighted by Crippen LogP contribution is 2.34. The summed E-state index contributed by atoms with van der Waals surface area (Å²) in [4.78, 5) is 16.5. The number of ether oxygens (including phenoxy) is 2. The van der Waals surface area contributed by atoms with Crippen molar-refractivity contribution in [2.75, 3.05) is 18.5 Å². The van der Waals surface area contributed by atoms with E-state index in [1.165, 1.54) is 0 Å². The van der Waals surface area contributed by atoms with Gasteiger partial charge in [0, 0.05) is 12.6 Å². The second-order valence-corrected chi connectivity index (χ2v) is 6.48. The number of pyridine rings is 1. The van der Waals surface area contributed by atoms with E-state index in [0.29, 0.717) is 30.9 Å². The van der Waals surface area contributed by atoms with Crippen molar-refractivity contribution in [3.8, 4) is 17.1 Å². The minimum absolute atomic E-state index is 0.164. The van der Waals surface area contributed by atoms with E-state index in [1.807, 2.05) is 0 Å². The number of esters is 1. The summed E-state index contributed by atoms with van der Waals surface area (Å²) in [5, 5.41) is 7.60. The predicted octanol–water partition coefficient (Wildman–Crippen LogP) is 3.01. The topological polar surface area (TPSA) is 78.3 Å². The van der Waals surface area contributed by atoms with Gasteiger partial charge in [0.05, 0.1) is 18.8 Å². The smallest absolute Gasteiger partial charge is 0.345 e. The quantitative estimate of drug-likeness (QED) is 0.652. The molecule has 138 valence electrons. The Bertz CT molecular complexity index is 832. The van der Waals surface area contributed by atoms with E-state index in [9.17, 15) is 9.18 Å². The number of rotatable bonds is 5. The molecule has 26 heavy (non-hydrogen) atoms. The number of aryl methyl sites for hydroxylation is 1. The van der Waals surface area contributed by atoms with E-state index < -0.39 is 11.9 Å². The van der Waals surface area contributed by atoms with Gasteiger partial charge in [-0.15, -0.1) is 0 Å². The zero-order chi connectivity index (χ0) is 18.1. The molecule has 0 amide bonds. The van der Waals surface area contributed by atoms with Gasteiger partial charge in [-0.05, 0) is 44.7 Å². The number of aromatic nitrogens is 3. The van der Waals surface area contributed by atoms with E-state index in [4.69, 9.17) is 9.47 Å². The number of carbonyl (C=O) groups is 1. The molecule has 2 aromatic heterocycles. The van der Waals surface area contributed by atoms with Crippen molar-refractivity contribution in [1.82, 2.24) is 14.8 Å². The molecule has 1 aliphatic heterocycles. The van der Waals surface area contributed by atoms with Crippen molar-refractivity contribution in [3.63, 3.8) is 0 Å². The van der Waals surface area contributed by atoms with Crippen LogP contribution >= 0.6 is 0 Å². The molecule has 0 bridgehead atoms. The number of carbonyl (C=O) groups excluding carboxylic acids is 1. The number of nitrogens with zero attached hydrogens (tertiary/aromatic N) is 3. The summed E-state index contributed by atoms with van der Waals surface area (Å²) in [5.74, 6) is -0.404. The first-order chi connectivity index (χ1) is 12.7. The minimum Gasteiger partial charge on any atom is -0.477 e. The average Bonchev–Trinajstić information content (AvgIpc) is 3.39. The lowest BCUT2D eigenvalue weighted by Crippen LogP contribution is -2.09. The molecule has 0 radical (unpaired) electrons. The van der Waals surface area contributed by atoms with Crippen LogP contribution in [-0.4, -0.2) is 40.0 Å². The molecule has 7 nitrogen and oxygen atoms in total. The molecule has 0 atom stereocenters. The van der Waals surface area contributed by atoms with E-state index in [-0.39, 0.29) is 23.4 Å². The van der Waals surface area contributed by atoms with Gasteiger partial charge in [-0.3, -0.25) is 0 Å². The molecule has 3 heterocycles. The van der Waals surface area contributed by atoms with Crippen molar-refractivity contribution in [1.29, 1.82) is 0 Å². The largest absolute Gasteiger partial charge is 0.477 e. The number of halogens is 1. The van der Waals surface area contributed by atoms with Crippen LogP contribution in [0, 0.1) is 5.95 Å². The molecule has 4 rings (SSSR count). The highest BCUT2D eigenvalue weighted by atomic mass is 19.1. The molecule has 0 aromatic carbocycles. The summed E-state index contributed by atoms with van der Waals surface area (Å²) < 4.78 is 27.2. The molecule has 1 N–H and O–H groups in total. The molecule has 0 saturated heterocycles. The number of fused-ring (bicyclic) bond motifs is 1. The molecule has 8 heteroatoms. The third-order valence-corrected chi connectivity index (χ3v) is 4.42. The summed E-state index contributed by atoms with van der Waals surface area (Å²) in [6.45, 7) is 3.04. The lowest BCUT2D eigenvalue weighted by Gasteiger charge is -2.08. The first kappa shape index (κ1) is 16.8. The molecular formula is C18H21FN4O3. The number of nitrogens with one attached hydrogen (secondary N) is 1. The Labute approximate surface area is 150 Å². The van der Waals surface area contributed by atoms with Crippen molar-refractivity contribution in [3.05, 3.63) is 23.6 Å². The summed E-state index contributed by atoms with van der Waals surface area (Å²) in [6, 6.07) is 3.68. The highest BCUT2D eigenvalue weighted by Gasteiger charge is 2.30. The fraction of sp³-hybridized carbons (Fsp3) is 0.500. The Morgan fingerprint density at radius 3 is 3.00 bits per heavy atom. The zero-order valence-corrected chi connectivity index (χ0v) is 14.6. The monoisotopic (exact) mass is 360 g/mol. The third kappa shape index (κ3) is 3.23. The van der Waals surface area contributed by atoms with E-state index in [2.05, 4.69) is 15.4 Å². The molecule has 1 aliphatic carbocycles. The second kappa shape index (κ2) is 6.93. The lowest BCUT2D eigenvalue weighted by atomic mass is 10.1. The van der Waals surface area contributed by atoms with Crippen LogP contribution in [0.3, 0.4) is 0 Å². The van der Waals surface area contributed by atoms with Crippen molar-refractivity contribution in [2.45, 2.75) is 45.2 Å². The zero-order valence-electron chi connectivity index (χ0n) is 14.6. The summed E-state index contributed by atoms with van der Waals surface area (Å²) in [6.07, 6.45) is 3.89. The van der Waals surface area contributed by atoms with Gasteiger partial charge >= 0.3 is 5.97 Å². The van der Waals surface area contributed by atoms with E-state index >= 15 is 0 Å². The van der Waals surface area contributed by atoms with Gasteiger partial charge in [0.2, 0.25) is 11.8 Å². The van der Waals surface area contributed by atoms with Gasteiger partial charge < -0.3 is 14.8 Å². The highest BCUT2D eigenvalue weighted by molar-refractivity contribution is 5.98. The Kier molecular flexibility index (Phi) is 4.48. The maximum Gasteiger partial charge on any atom is 0.345 e. The van der Waals surface area contributed by atoms with Crippen LogP contribution in [0.4, 0.5) is 10.2 Å². The summed E-state index contributed by atoms with van der Waals surface area (Å²) in [7, 11) is 0. The van der Waals surface area contributed by atoms with Crippen LogP contribution < -0.4 is 10.1 Å². The van der Waals surface area contributed by atoms with Crippen molar-refractivity contribution in [2.24, 2.45) is 0 Å². The average molecular weight is 360 g/mol. The minimum atomic E-state index is -0.672. The fourth-order valence-corrected chi connectivity index (χ4v) is 2.98. The Hall–Kier alpha value is -2.64. The number of hydrogen-bond donors (Lipinski definition) is 1. The Morgan fingerprint density at radius 1 is 1.42 bits per heavy atom. The van der Waals surface area contributed by atoms with Crippen LogP contribution in [0.15, 0.2) is 12.1 Å². The van der Waals surface area contributed by atoms with Crippen LogP contribution in [0.25, 0.3) is 11.3 Å². The lowest BCUT2D eigenvalue weighted by molar-refractivity contribution is 0.0522. The SMILES string of the molecule is CCOC(=O)c1c(-c2ccc(NC3CC3)nc2F)nn2c1OCCCC2. The predicted molar refractivity (Wildman–Crippen MR) is 92.7 cm³/mol. The molecule has 0 unspecified atom stereocenters. The Balaban J connectivity index is 1.76. The first-order valence-electron chi connectivity index (χ1n) is 9.01. The molecule has 1 fully saturated rings. The third-order valence-electron chi connectivity index (χ3n) is 4.42. The van der Waals surface area contributed by atoms with Gasteiger partial charge in [0.1, 0.15) is 17.1 Å². The second-order valence-electron chi connectivity index (χ2n) is 6.48. The number of anilines is 1. The molecular weight excluding hydrogens is 339 g/mol. The molecule has 2 aliphatic rings. The van der Waals surface area contributed by atoms with Crippen LogP contribution in [-0.2, 0) is 11.3 Å². The Morgan fingerprint density at radius 2 is 2.27 bits per heavy atom. The van der Waals surface area contributed by atoms with Gasteiger partial charge in [0.25, 0.3) is 0 Å². The van der Waals surface area contributed by atoms with Gasteiger partial charge in [-0.2, -0.15) is 9.49 Å². The van der Waals surface area contributed by atoms with Gasteiger partial charge in [-0.1, -0.05) is 0 Å². The summed E-state index contributed by atoms with van der Waals surface area (Å²) in [5.41, 5.74) is 0.541. The number of hydrogen-bond acceptors (Lipinski definition) is 6.